The van der Waals surface area contributed by atoms with E-state index in [0.717, 1.165) is 15.7 Å². The fraction of sp³-hybridized carbons (Fsp3) is 0.133. The maximum atomic E-state index is 11.7. The van der Waals surface area contributed by atoms with Crippen LogP contribution in [0.25, 0.3) is 0 Å². The van der Waals surface area contributed by atoms with Crippen molar-refractivity contribution in [3.05, 3.63) is 59.0 Å². The molecule has 0 atom stereocenters. The first-order chi connectivity index (χ1) is 10.1. The molecule has 0 saturated heterocycles. The monoisotopic (exact) mass is 346 g/mol. The molecular weight excluding hydrogens is 332 g/mol. The van der Waals surface area contributed by atoms with E-state index in [2.05, 4.69) is 43.1 Å². The van der Waals surface area contributed by atoms with Crippen molar-refractivity contribution in [1.82, 2.24) is 15.3 Å². The van der Waals surface area contributed by atoms with Crippen LogP contribution >= 0.6 is 15.9 Å². The second-order valence-corrected chi connectivity index (χ2v) is 5.25. The predicted octanol–water partition coefficient (Wildman–Crippen LogP) is 3.21. The first kappa shape index (κ1) is 15.2. The first-order valence-electron chi connectivity index (χ1n) is 6.34. The largest absolute Gasteiger partial charge is 0.347 e. The Hall–Kier alpha value is -2.21. The van der Waals surface area contributed by atoms with Crippen LogP contribution in [-0.2, 0) is 0 Å². The Labute approximate surface area is 131 Å². The fourth-order valence-electron chi connectivity index (χ4n) is 1.62. The lowest BCUT2D eigenvalue weighted by molar-refractivity contribution is 0.0952. The Morgan fingerprint density at radius 1 is 1.38 bits per heavy atom. The van der Waals surface area contributed by atoms with Crippen LogP contribution in [0.1, 0.15) is 16.1 Å². The van der Waals surface area contributed by atoms with E-state index in [0.29, 0.717) is 12.4 Å². The number of aryl methyl sites for hydroxylation is 1. The van der Waals surface area contributed by atoms with Gasteiger partial charge in [-0.2, -0.15) is 0 Å². The van der Waals surface area contributed by atoms with Gasteiger partial charge in [-0.05, 0) is 40.5 Å². The lowest BCUT2D eigenvalue weighted by Crippen LogP contribution is -2.24. The number of benzene rings is 1. The number of anilines is 2. The summed E-state index contributed by atoms with van der Waals surface area (Å²) in [6.45, 7) is 5.95. The Balaban J connectivity index is 2.08. The van der Waals surface area contributed by atoms with Crippen LogP contribution in [0.2, 0.25) is 0 Å². The number of aromatic nitrogens is 2. The standard InChI is InChI=1S/C15H15BrN4O/c1-3-6-17-15(21)13-8-19-14(9-18-13)20-12-5-4-10(2)7-11(12)16/h3-5,7-9H,1,6H2,2H3,(H,17,21)(H,19,20). The van der Waals surface area contributed by atoms with Crippen molar-refractivity contribution >= 4 is 33.3 Å². The first-order valence-corrected chi connectivity index (χ1v) is 7.14. The molecule has 0 aliphatic rings. The number of amides is 1. The van der Waals surface area contributed by atoms with Crippen molar-refractivity contribution < 1.29 is 4.79 Å². The molecule has 5 nitrogen and oxygen atoms in total. The molecular formula is C15H15BrN4O. The molecule has 2 N–H and O–H groups in total. The van der Waals surface area contributed by atoms with E-state index < -0.39 is 0 Å². The van der Waals surface area contributed by atoms with E-state index in [4.69, 9.17) is 0 Å². The van der Waals surface area contributed by atoms with Crippen molar-refractivity contribution in [2.24, 2.45) is 0 Å². The zero-order valence-electron chi connectivity index (χ0n) is 11.6. The van der Waals surface area contributed by atoms with Gasteiger partial charge in [-0.25, -0.2) is 9.97 Å². The highest BCUT2D eigenvalue weighted by molar-refractivity contribution is 9.10. The Bertz CT molecular complexity index is 655. The quantitative estimate of drug-likeness (QED) is 0.815. The maximum Gasteiger partial charge on any atom is 0.271 e. The van der Waals surface area contributed by atoms with Crippen molar-refractivity contribution in [2.45, 2.75) is 6.92 Å². The SMILES string of the molecule is C=CCNC(=O)c1cnc(Nc2ccc(C)cc2Br)cn1. The average Bonchev–Trinajstić information content (AvgIpc) is 2.48. The Morgan fingerprint density at radius 3 is 2.81 bits per heavy atom. The molecule has 108 valence electrons. The summed E-state index contributed by atoms with van der Waals surface area (Å²) in [4.78, 5) is 19.9. The van der Waals surface area contributed by atoms with Gasteiger partial charge >= 0.3 is 0 Å². The highest BCUT2D eigenvalue weighted by atomic mass is 79.9. The molecule has 1 heterocycles. The minimum atomic E-state index is -0.273. The fourth-order valence-corrected chi connectivity index (χ4v) is 2.22. The van der Waals surface area contributed by atoms with Crippen LogP contribution < -0.4 is 10.6 Å². The van der Waals surface area contributed by atoms with Crippen LogP contribution in [0.4, 0.5) is 11.5 Å². The van der Waals surface area contributed by atoms with Gasteiger partial charge in [-0.3, -0.25) is 4.79 Å². The van der Waals surface area contributed by atoms with Crippen molar-refractivity contribution in [3.63, 3.8) is 0 Å². The van der Waals surface area contributed by atoms with Crippen LogP contribution in [0.3, 0.4) is 0 Å². The van der Waals surface area contributed by atoms with Gasteiger partial charge in [0.1, 0.15) is 11.5 Å². The summed E-state index contributed by atoms with van der Waals surface area (Å²) in [6.07, 6.45) is 4.56. The summed E-state index contributed by atoms with van der Waals surface area (Å²) in [7, 11) is 0. The van der Waals surface area contributed by atoms with Gasteiger partial charge in [0.05, 0.1) is 18.1 Å². The van der Waals surface area contributed by atoms with E-state index >= 15 is 0 Å². The van der Waals surface area contributed by atoms with Gasteiger partial charge in [0.2, 0.25) is 0 Å². The summed E-state index contributed by atoms with van der Waals surface area (Å²) in [6, 6.07) is 5.95. The molecule has 6 heteroatoms. The molecule has 0 unspecified atom stereocenters. The topological polar surface area (TPSA) is 66.9 Å². The van der Waals surface area contributed by atoms with Crippen LogP contribution in [0.5, 0.6) is 0 Å². The number of carbonyl (C=O) groups is 1. The molecule has 0 saturated carbocycles. The average molecular weight is 347 g/mol. The number of halogens is 1. The number of hydrogen-bond acceptors (Lipinski definition) is 4. The lowest BCUT2D eigenvalue weighted by Gasteiger charge is -2.08. The molecule has 2 aromatic rings. The van der Waals surface area contributed by atoms with Gasteiger partial charge < -0.3 is 10.6 Å². The Kier molecular flexibility index (Phi) is 5.05. The zero-order chi connectivity index (χ0) is 15.2. The number of carbonyl (C=O) groups excluding carboxylic acids is 1. The summed E-state index contributed by atoms with van der Waals surface area (Å²) in [5, 5.41) is 5.79. The number of hydrogen-bond donors (Lipinski definition) is 2. The third-order valence-corrected chi connectivity index (χ3v) is 3.33. The maximum absolute atomic E-state index is 11.7. The Morgan fingerprint density at radius 2 is 2.19 bits per heavy atom. The molecule has 0 spiro atoms. The molecule has 0 aliphatic carbocycles. The van der Waals surface area contributed by atoms with Gasteiger partial charge in [-0.15, -0.1) is 6.58 Å². The minimum absolute atomic E-state index is 0.269. The third kappa shape index (κ3) is 4.13. The molecule has 1 aromatic heterocycles. The third-order valence-electron chi connectivity index (χ3n) is 2.68. The molecule has 0 fully saturated rings. The van der Waals surface area contributed by atoms with Gasteiger partial charge in [0.25, 0.3) is 5.91 Å². The second-order valence-electron chi connectivity index (χ2n) is 4.39. The molecule has 2 rings (SSSR count). The summed E-state index contributed by atoms with van der Waals surface area (Å²) < 4.78 is 0.942. The second kappa shape index (κ2) is 6.99. The molecule has 1 amide bonds. The molecule has 0 bridgehead atoms. The van der Waals surface area contributed by atoms with E-state index in [1.165, 1.54) is 12.4 Å². The van der Waals surface area contributed by atoms with Crippen molar-refractivity contribution in [2.75, 3.05) is 11.9 Å². The van der Waals surface area contributed by atoms with E-state index in [1.54, 1.807) is 6.08 Å². The van der Waals surface area contributed by atoms with Crippen LogP contribution in [-0.4, -0.2) is 22.4 Å². The van der Waals surface area contributed by atoms with E-state index in [-0.39, 0.29) is 11.6 Å². The molecule has 21 heavy (non-hydrogen) atoms. The zero-order valence-corrected chi connectivity index (χ0v) is 13.1. The van der Waals surface area contributed by atoms with Gasteiger partial charge in [0.15, 0.2) is 0 Å². The smallest absolute Gasteiger partial charge is 0.271 e. The number of nitrogens with zero attached hydrogens (tertiary/aromatic N) is 2. The molecule has 0 radical (unpaired) electrons. The van der Waals surface area contributed by atoms with E-state index in [9.17, 15) is 4.79 Å². The van der Waals surface area contributed by atoms with Crippen LogP contribution in [0.15, 0.2) is 47.7 Å². The summed E-state index contributed by atoms with van der Waals surface area (Å²) in [5.41, 5.74) is 2.32. The van der Waals surface area contributed by atoms with Crippen LogP contribution in [0, 0.1) is 6.92 Å². The van der Waals surface area contributed by atoms with Gasteiger partial charge in [0, 0.05) is 11.0 Å². The van der Waals surface area contributed by atoms with Crippen molar-refractivity contribution in [1.29, 1.82) is 0 Å². The molecule has 0 aliphatic heterocycles. The van der Waals surface area contributed by atoms with E-state index in [1.807, 2.05) is 25.1 Å². The highest BCUT2D eigenvalue weighted by Gasteiger charge is 2.07. The predicted molar refractivity (Wildman–Crippen MR) is 86.7 cm³/mol. The number of rotatable bonds is 5. The normalized spacial score (nSPS) is 10.0. The lowest BCUT2D eigenvalue weighted by atomic mass is 10.2. The summed E-state index contributed by atoms with van der Waals surface area (Å²) >= 11 is 3.49. The molecule has 1 aromatic carbocycles. The number of nitrogens with one attached hydrogen (secondary N) is 2. The summed E-state index contributed by atoms with van der Waals surface area (Å²) in [5.74, 6) is 0.297. The highest BCUT2D eigenvalue weighted by Crippen LogP contribution is 2.25. The minimum Gasteiger partial charge on any atom is -0.347 e. The van der Waals surface area contributed by atoms with Gasteiger partial charge in [-0.1, -0.05) is 12.1 Å². The van der Waals surface area contributed by atoms with Crippen molar-refractivity contribution in [3.8, 4) is 0 Å².